The van der Waals surface area contributed by atoms with Gasteiger partial charge in [0.2, 0.25) is 12.8 Å². The molecule has 0 aromatic rings. The third-order valence-electron chi connectivity index (χ3n) is 1.90. The fourth-order valence-corrected chi connectivity index (χ4v) is 1.17. The first-order valence-electron chi connectivity index (χ1n) is 4.22. The summed E-state index contributed by atoms with van der Waals surface area (Å²) >= 11 is 0. The van der Waals surface area contributed by atoms with E-state index in [0.717, 1.165) is 17.7 Å². The minimum absolute atomic E-state index is 0.125. The van der Waals surface area contributed by atoms with Gasteiger partial charge < -0.3 is 9.47 Å². The molecule has 5 heteroatoms. The van der Waals surface area contributed by atoms with E-state index in [2.05, 4.69) is 0 Å². The number of hydrogen-bond donors (Lipinski definition) is 0. The Morgan fingerprint density at radius 1 is 1.38 bits per heavy atom. The molecule has 0 aliphatic carbocycles. The highest BCUT2D eigenvalue weighted by atomic mass is 16.7. The monoisotopic (exact) mass is 187 g/mol. The van der Waals surface area contributed by atoms with Gasteiger partial charge in [0.15, 0.2) is 0 Å². The van der Waals surface area contributed by atoms with Crippen LogP contribution in [0.1, 0.15) is 12.8 Å². The van der Waals surface area contributed by atoms with Crippen LogP contribution in [-0.4, -0.2) is 43.8 Å². The van der Waals surface area contributed by atoms with Crippen LogP contribution in [0.25, 0.3) is 0 Å². The molecular formula is C8H13NO4. The Bertz CT molecular complexity index is 160. The van der Waals surface area contributed by atoms with E-state index in [1.807, 2.05) is 0 Å². The van der Waals surface area contributed by atoms with Gasteiger partial charge in [-0.2, -0.15) is 0 Å². The summed E-state index contributed by atoms with van der Waals surface area (Å²) in [7, 11) is 0. The van der Waals surface area contributed by atoms with Crippen LogP contribution in [0.5, 0.6) is 0 Å². The average molecular weight is 187 g/mol. The van der Waals surface area contributed by atoms with E-state index < -0.39 is 0 Å². The van der Waals surface area contributed by atoms with Crippen molar-refractivity contribution >= 4 is 12.8 Å². The van der Waals surface area contributed by atoms with Crippen LogP contribution in [-0.2, 0) is 19.1 Å². The summed E-state index contributed by atoms with van der Waals surface area (Å²) in [4.78, 5) is 21.5. The Balaban J connectivity index is 2.04. The van der Waals surface area contributed by atoms with Gasteiger partial charge in [-0.15, -0.1) is 0 Å². The van der Waals surface area contributed by atoms with E-state index in [1.54, 1.807) is 0 Å². The molecule has 2 amide bonds. The Hall–Kier alpha value is -0.940. The summed E-state index contributed by atoms with van der Waals surface area (Å²) in [6.07, 6.45) is 2.75. The second-order valence-corrected chi connectivity index (χ2v) is 2.87. The number of carbonyl (C=O) groups excluding carboxylic acids is 2. The van der Waals surface area contributed by atoms with Gasteiger partial charge in [-0.3, -0.25) is 14.5 Å². The van der Waals surface area contributed by atoms with Crippen molar-refractivity contribution in [1.82, 2.24) is 4.90 Å². The van der Waals surface area contributed by atoms with Gasteiger partial charge >= 0.3 is 0 Å². The molecule has 5 nitrogen and oxygen atoms in total. The maximum absolute atomic E-state index is 10.2. The van der Waals surface area contributed by atoms with Crippen LogP contribution in [0, 0.1) is 0 Å². The summed E-state index contributed by atoms with van der Waals surface area (Å²) in [6, 6.07) is 0. The minimum Gasteiger partial charge on any atom is -0.353 e. The van der Waals surface area contributed by atoms with E-state index in [-0.39, 0.29) is 6.10 Å². The van der Waals surface area contributed by atoms with Crippen molar-refractivity contribution in [3.63, 3.8) is 0 Å². The summed E-state index contributed by atoms with van der Waals surface area (Å²) in [6.45, 7) is 1.42. The van der Waals surface area contributed by atoms with E-state index in [0.29, 0.717) is 32.8 Å². The standard InChI is InChI=1S/C8H13NO4/c10-5-9(6-11)3-1-2-8-4-12-7-13-8/h5-6,8H,1-4,7H2. The number of nitrogens with zero attached hydrogens (tertiary/aromatic N) is 1. The van der Waals surface area contributed by atoms with Crippen molar-refractivity contribution in [1.29, 1.82) is 0 Å². The van der Waals surface area contributed by atoms with Crippen molar-refractivity contribution in [2.75, 3.05) is 19.9 Å². The number of amides is 2. The van der Waals surface area contributed by atoms with Crippen molar-refractivity contribution in [3.8, 4) is 0 Å². The molecule has 1 unspecified atom stereocenters. The third kappa shape index (κ3) is 3.52. The van der Waals surface area contributed by atoms with Gasteiger partial charge in [-0.25, -0.2) is 0 Å². The van der Waals surface area contributed by atoms with Crippen molar-refractivity contribution in [2.24, 2.45) is 0 Å². The normalized spacial score (nSPS) is 21.4. The summed E-state index contributed by atoms with van der Waals surface area (Å²) in [5.41, 5.74) is 0. The molecule has 1 fully saturated rings. The van der Waals surface area contributed by atoms with Crippen LogP contribution < -0.4 is 0 Å². The largest absolute Gasteiger partial charge is 0.353 e. The molecule has 1 aliphatic rings. The number of imide groups is 1. The Kier molecular flexibility index (Phi) is 4.42. The van der Waals surface area contributed by atoms with Gasteiger partial charge in [0.25, 0.3) is 0 Å². The van der Waals surface area contributed by atoms with Crippen LogP contribution in [0.2, 0.25) is 0 Å². The summed E-state index contributed by atoms with van der Waals surface area (Å²) in [5, 5.41) is 0. The van der Waals surface area contributed by atoms with E-state index in [9.17, 15) is 9.59 Å². The predicted molar refractivity (Wildman–Crippen MR) is 43.8 cm³/mol. The van der Waals surface area contributed by atoms with Crippen LogP contribution in [0.4, 0.5) is 0 Å². The van der Waals surface area contributed by atoms with E-state index in [4.69, 9.17) is 9.47 Å². The molecule has 0 N–H and O–H groups in total. The molecule has 1 aliphatic heterocycles. The van der Waals surface area contributed by atoms with Crippen LogP contribution >= 0.6 is 0 Å². The lowest BCUT2D eigenvalue weighted by Crippen LogP contribution is -2.22. The molecule has 0 saturated carbocycles. The van der Waals surface area contributed by atoms with Gasteiger partial charge in [-0.05, 0) is 12.8 Å². The topological polar surface area (TPSA) is 55.8 Å². The molecule has 1 heterocycles. The van der Waals surface area contributed by atoms with E-state index in [1.165, 1.54) is 0 Å². The molecule has 13 heavy (non-hydrogen) atoms. The van der Waals surface area contributed by atoms with Gasteiger partial charge in [0, 0.05) is 6.54 Å². The molecule has 1 rings (SSSR count). The fourth-order valence-electron chi connectivity index (χ4n) is 1.17. The maximum atomic E-state index is 10.2. The van der Waals surface area contributed by atoms with Gasteiger partial charge in [0.05, 0.1) is 12.7 Å². The number of hydrogen-bond acceptors (Lipinski definition) is 4. The second-order valence-electron chi connectivity index (χ2n) is 2.87. The SMILES string of the molecule is O=CN(C=O)CCCC1COCO1. The Morgan fingerprint density at radius 2 is 2.15 bits per heavy atom. The van der Waals surface area contributed by atoms with Crippen molar-refractivity contribution in [3.05, 3.63) is 0 Å². The zero-order valence-corrected chi connectivity index (χ0v) is 7.35. The van der Waals surface area contributed by atoms with Gasteiger partial charge in [-0.1, -0.05) is 0 Å². The second kappa shape index (κ2) is 5.66. The molecule has 74 valence electrons. The first kappa shape index (κ1) is 10.1. The molecule has 0 aromatic heterocycles. The smallest absolute Gasteiger partial charge is 0.216 e. The summed E-state index contributed by atoms with van der Waals surface area (Å²) < 4.78 is 10.2. The lowest BCUT2D eigenvalue weighted by molar-refractivity contribution is -0.129. The lowest BCUT2D eigenvalue weighted by Gasteiger charge is -2.10. The number of rotatable bonds is 6. The van der Waals surface area contributed by atoms with Crippen molar-refractivity contribution < 1.29 is 19.1 Å². The minimum atomic E-state index is 0.125. The number of carbonyl (C=O) groups is 2. The van der Waals surface area contributed by atoms with Crippen molar-refractivity contribution in [2.45, 2.75) is 18.9 Å². The average Bonchev–Trinajstić information content (AvgIpc) is 2.65. The van der Waals surface area contributed by atoms with Crippen LogP contribution in [0.3, 0.4) is 0 Å². The molecule has 1 saturated heterocycles. The van der Waals surface area contributed by atoms with E-state index >= 15 is 0 Å². The number of ether oxygens (including phenoxy) is 2. The molecule has 1 atom stereocenters. The highest BCUT2D eigenvalue weighted by molar-refractivity contribution is 5.68. The first-order valence-corrected chi connectivity index (χ1v) is 4.22. The first-order chi connectivity index (χ1) is 6.36. The van der Waals surface area contributed by atoms with Gasteiger partial charge in [0.1, 0.15) is 6.79 Å². The highest BCUT2D eigenvalue weighted by Crippen LogP contribution is 2.09. The predicted octanol–water partition coefficient (Wildman–Crippen LogP) is -0.246. The fraction of sp³-hybridized carbons (Fsp3) is 0.750. The molecule has 0 bridgehead atoms. The maximum Gasteiger partial charge on any atom is 0.216 e. The third-order valence-corrected chi connectivity index (χ3v) is 1.90. The zero-order chi connectivity index (χ0) is 9.52. The lowest BCUT2D eigenvalue weighted by atomic mass is 10.2. The Morgan fingerprint density at radius 3 is 2.69 bits per heavy atom. The molecule has 0 spiro atoms. The molecule has 0 radical (unpaired) electrons. The zero-order valence-electron chi connectivity index (χ0n) is 7.35. The summed E-state index contributed by atoms with van der Waals surface area (Å²) in [5.74, 6) is 0. The highest BCUT2D eigenvalue weighted by Gasteiger charge is 2.15. The molecule has 0 aromatic carbocycles. The molecular weight excluding hydrogens is 174 g/mol. The Labute approximate surface area is 76.6 Å². The quantitative estimate of drug-likeness (QED) is 0.538. The van der Waals surface area contributed by atoms with Crippen LogP contribution in [0.15, 0.2) is 0 Å².